The Balaban J connectivity index is 2.62. The van der Waals surface area contributed by atoms with Gasteiger partial charge in [0, 0.05) is 22.8 Å². The first-order valence-electron chi connectivity index (χ1n) is 6.30. The summed E-state index contributed by atoms with van der Waals surface area (Å²) in [6.45, 7) is 8.73. The highest BCUT2D eigenvalue weighted by Gasteiger charge is 2.22. The van der Waals surface area contributed by atoms with Gasteiger partial charge in [-0.1, -0.05) is 20.8 Å². The van der Waals surface area contributed by atoms with Crippen LogP contribution in [0.25, 0.3) is 0 Å². The van der Waals surface area contributed by atoms with Crippen molar-refractivity contribution in [3.63, 3.8) is 0 Å². The molecule has 0 saturated carbocycles. The number of carbonyl (C=O) groups is 1. The largest absolute Gasteiger partial charge is 0.370 e. The molecule has 0 aliphatic rings. The Labute approximate surface area is 108 Å². The van der Waals surface area contributed by atoms with Crippen molar-refractivity contribution in [2.75, 3.05) is 6.61 Å². The van der Waals surface area contributed by atoms with Gasteiger partial charge in [-0.15, -0.1) is 11.3 Å². The van der Waals surface area contributed by atoms with Gasteiger partial charge in [0.25, 0.3) is 0 Å². The number of aryl methyl sites for hydroxylation is 1. The third-order valence-corrected chi connectivity index (χ3v) is 3.91. The number of rotatable bonds is 7. The van der Waals surface area contributed by atoms with E-state index in [4.69, 9.17) is 4.74 Å². The summed E-state index contributed by atoms with van der Waals surface area (Å²) < 4.78 is 5.53. The molecule has 1 aromatic heterocycles. The summed E-state index contributed by atoms with van der Waals surface area (Å²) in [4.78, 5) is 14.6. The Bertz CT molecular complexity index is 355. The third kappa shape index (κ3) is 4.25. The van der Waals surface area contributed by atoms with Crippen LogP contribution in [0.1, 0.15) is 37.4 Å². The summed E-state index contributed by atoms with van der Waals surface area (Å²) in [7, 11) is 0. The predicted octanol–water partition coefficient (Wildman–Crippen LogP) is 3.48. The highest BCUT2D eigenvalue weighted by Crippen LogP contribution is 2.19. The second kappa shape index (κ2) is 6.92. The van der Waals surface area contributed by atoms with Crippen LogP contribution in [0.2, 0.25) is 0 Å². The van der Waals surface area contributed by atoms with Gasteiger partial charge < -0.3 is 4.74 Å². The monoisotopic (exact) mass is 254 g/mol. The molecule has 1 atom stereocenters. The maximum Gasteiger partial charge on any atom is 0.166 e. The lowest BCUT2D eigenvalue weighted by Gasteiger charge is -2.19. The highest BCUT2D eigenvalue weighted by molar-refractivity contribution is 7.12. The van der Waals surface area contributed by atoms with Gasteiger partial charge in [0.15, 0.2) is 5.78 Å². The molecule has 0 saturated heterocycles. The molecule has 0 aliphatic heterocycles. The lowest BCUT2D eigenvalue weighted by Crippen LogP contribution is -2.30. The average molecular weight is 254 g/mol. The summed E-state index contributed by atoms with van der Waals surface area (Å²) in [6, 6.07) is 4.17. The minimum Gasteiger partial charge on any atom is -0.370 e. The van der Waals surface area contributed by atoms with Crippen LogP contribution < -0.4 is 0 Å². The number of thiophene rings is 1. The van der Waals surface area contributed by atoms with E-state index in [2.05, 4.69) is 19.1 Å². The fraction of sp³-hybridized carbons (Fsp3) is 0.643. The van der Waals surface area contributed by atoms with Gasteiger partial charge in [0.2, 0.25) is 0 Å². The van der Waals surface area contributed by atoms with E-state index in [-0.39, 0.29) is 17.8 Å². The van der Waals surface area contributed by atoms with E-state index in [1.165, 1.54) is 4.88 Å². The summed E-state index contributed by atoms with van der Waals surface area (Å²) in [5.74, 6) is 0.444. The van der Waals surface area contributed by atoms with Gasteiger partial charge in [0.05, 0.1) is 0 Å². The van der Waals surface area contributed by atoms with E-state index < -0.39 is 0 Å². The number of hydrogen-bond donors (Lipinski definition) is 0. The van der Waals surface area contributed by atoms with Crippen molar-refractivity contribution >= 4 is 17.1 Å². The number of hydrogen-bond acceptors (Lipinski definition) is 3. The molecule has 2 nitrogen and oxygen atoms in total. The van der Waals surface area contributed by atoms with Crippen molar-refractivity contribution in [1.82, 2.24) is 0 Å². The Morgan fingerprint density at radius 3 is 2.41 bits per heavy atom. The molecule has 0 spiro atoms. The SMILES string of the molecule is CCOC(C(=O)Cc1ccc(CC)s1)C(C)C. The number of ether oxygens (including phenoxy) is 1. The fourth-order valence-electron chi connectivity index (χ4n) is 1.82. The van der Waals surface area contributed by atoms with Crippen LogP contribution in [0.5, 0.6) is 0 Å². The van der Waals surface area contributed by atoms with E-state index in [0.29, 0.717) is 13.0 Å². The summed E-state index contributed by atoms with van der Waals surface area (Å²) in [5.41, 5.74) is 0. The second-order valence-corrected chi connectivity index (χ2v) is 5.74. The van der Waals surface area contributed by atoms with E-state index >= 15 is 0 Å². The quantitative estimate of drug-likeness (QED) is 0.744. The number of Topliss-reactive ketones (excluding diaryl/α,β-unsaturated/α-hetero) is 1. The molecule has 1 aromatic rings. The molecule has 1 rings (SSSR count). The Kier molecular flexibility index (Phi) is 5.86. The van der Waals surface area contributed by atoms with Crippen LogP contribution in [0, 0.1) is 5.92 Å². The predicted molar refractivity (Wildman–Crippen MR) is 72.7 cm³/mol. The average Bonchev–Trinajstić information content (AvgIpc) is 2.72. The normalized spacial score (nSPS) is 13.0. The summed E-state index contributed by atoms with van der Waals surface area (Å²) in [5, 5.41) is 0. The van der Waals surface area contributed by atoms with Crippen LogP contribution in [0.3, 0.4) is 0 Å². The maximum atomic E-state index is 12.1. The summed E-state index contributed by atoms with van der Waals surface area (Å²) in [6.07, 6.45) is 1.29. The highest BCUT2D eigenvalue weighted by atomic mass is 32.1. The van der Waals surface area contributed by atoms with Gasteiger partial charge in [-0.3, -0.25) is 4.79 Å². The van der Waals surface area contributed by atoms with Crippen LogP contribution in [-0.4, -0.2) is 18.5 Å². The molecule has 0 aliphatic carbocycles. The lowest BCUT2D eigenvalue weighted by atomic mass is 10.0. The zero-order valence-corrected chi connectivity index (χ0v) is 12.0. The molecule has 0 aromatic carbocycles. The first kappa shape index (κ1) is 14.4. The topological polar surface area (TPSA) is 26.3 Å². The standard InChI is InChI=1S/C14H22O2S/c1-5-11-7-8-12(17-11)9-13(15)14(10(3)4)16-6-2/h7-8,10,14H,5-6,9H2,1-4H3. The van der Waals surface area contributed by atoms with Crippen molar-refractivity contribution in [3.8, 4) is 0 Å². The fourth-order valence-corrected chi connectivity index (χ4v) is 2.78. The first-order valence-corrected chi connectivity index (χ1v) is 7.12. The van der Waals surface area contributed by atoms with Crippen LogP contribution in [0.15, 0.2) is 12.1 Å². The van der Waals surface area contributed by atoms with Gasteiger partial charge in [-0.25, -0.2) is 0 Å². The van der Waals surface area contributed by atoms with Crippen molar-refractivity contribution < 1.29 is 9.53 Å². The van der Waals surface area contributed by atoms with E-state index in [1.807, 2.05) is 20.8 Å². The second-order valence-electron chi connectivity index (χ2n) is 4.48. The number of ketones is 1. The molecule has 0 bridgehead atoms. The van der Waals surface area contributed by atoms with Crippen LogP contribution in [0.4, 0.5) is 0 Å². The minimum atomic E-state index is -0.257. The number of carbonyl (C=O) groups excluding carboxylic acids is 1. The van der Waals surface area contributed by atoms with Gasteiger partial charge in [-0.2, -0.15) is 0 Å². The third-order valence-electron chi connectivity index (χ3n) is 2.68. The molecule has 1 heterocycles. The molecule has 0 fully saturated rings. The molecule has 17 heavy (non-hydrogen) atoms. The smallest absolute Gasteiger partial charge is 0.166 e. The van der Waals surface area contributed by atoms with Crippen molar-refractivity contribution in [1.29, 1.82) is 0 Å². The van der Waals surface area contributed by atoms with Gasteiger partial charge in [0.1, 0.15) is 6.10 Å². The van der Waals surface area contributed by atoms with Gasteiger partial charge in [-0.05, 0) is 31.4 Å². The Hall–Kier alpha value is -0.670. The first-order chi connectivity index (χ1) is 8.08. The Morgan fingerprint density at radius 2 is 1.94 bits per heavy atom. The molecule has 0 N–H and O–H groups in total. The maximum absolute atomic E-state index is 12.1. The van der Waals surface area contributed by atoms with Gasteiger partial charge >= 0.3 is 0 Å². The zero-order valence-electron chi connectivity index (χ0n) is 11.2. The zero-order chi connectivity index (χ0) is 12.8. The molecule has 1 unspecified atom stereocenters. The minimum absolute atomic E-state index is 0.200. The van der Waals surface area contributed by atoms with E-state index in [9.17, 15) is 4.79 Å². The van der Waals surface area contributed by atoms with E-state index in [0.717, 1.165) is 11.3 Å². The molecular formula is C14H22O2S. The molecule has 0 amide bonds. The van der Waals surface area contributed by atoms with E-state index in [1.54, 1.807) is 11.3 Å². The van der Waals surface area contributed by atoms with Crippen molar-refractivity contribution in [2.24, 2.45) is 5.92 Å². The van der Waals surface area contributed by atoms with Crippen LogP contribution in [-0.2, 0) is 22.4 Å². The molecule has 96 valence electrons. The van der Waals surface area contributed by atoms with Crippen molar-refractivity contribution in [2.45, 2.75) is 46.6 Å². The van der Waals surface area contributed by atoms with Crippen LogP contribution >= 0.6 is 11.3 Å². The molecular weight excluding hydrogens is 232 g/mol. The Morgan fingerprint density at radius 1 is 1.29 bits per heavy atom. The summed E-state index contributed by atoms with van der Waals surface area (Å²) >= 11 is 1.73. The molecule has 0 radical (unpaired) electrons. The molecule has 3 heteroatoms. The lowest BCUT2D eigenvalue weighted by molar-refractivity contribution is -0.132. The van der Waals surface area contributed by atoms with Crippen molar-refractivity contribution in [3.05, 3.63) is 21.9 Å².